The Labute approximate surface area is 94.3 Å². The Bertz CT molecular complexity index is 399. The highest BCUT2D eigenvalue weighted by atomic mass is 16.5. The van der Waals surface area contributed by atoms with Crippen molar-refractivity contribution in [1.29, 1.82) is 0 Å². The highest BCUT2D eigenvalue weighted by Crippen LogP contribution is 2.14. The van der Waals surface area contributed by atoms with E-state index >= 15 is 0 Å². The minimum atomic E-state index is -0.413. The molecule has 0 fully saturated rings. The number of hydrogen-bond donors (Lipinski definition) is 2. The molecule has 0 heterocycles. The molecular formula is C12H15NO3. The number of ether oxygens (including phenoxy) is 1. The monoisotopic (exact) mass is 221 g/mol. The number of hydrogen-bond acceptors (Lipinski definition) is 4. The smallest absolute Gasteiger partial charge is 0.337 e. The van der Waals surface area contributed by atoms with Crippen LogP contribution in [0.15, 0.2) is 24.3 Å². The van der Waals surface area contributed by atoms with Crippen LogP contribution in [-0.2, 0) is 4.74 Å². The molecule has 16 heavy (non-hydrogen) atoms. The molecule has 4 nitrogen and oxygen atoms in total. The fourth-order valence-electron chi connectivity index (χ4n) is 1.30. The molecule has 0 spiro atoms. The third-order valence-electron chi connectivity index (χ3n) is 2.00. The second kappa shape index (κ2) is 5.92. The van der Waals surface area contributed by atoms with Crippen LogP contribution in [0.4, 0.5) is 5.69 Å². The van der Waals surface area contributed by atoms with Crippen LogP contribution in [0.25, 0.3) is 6.08 Å². The third kappa shape index (κ3) is 3.40. The normalized spacial score (nSPS) is 10.6. The van der Waals surface area contributed by atoms with E-state index in [1.807, 2.05) is 6.08 Å². The molecule has 0 aliphatic rings. The van der Waals surface area contributed by atoms with Crippen molar-refractivity contribution in [2.45, 2.75) is 6.42 Å². The summed E-state index contributed by atoms with van der Waals surface area (Å²) in [6.45, 7) is 0.0999. The summed E-state index contributed by atoms with van der Waals surface area (Å²) in [6, 6.07) is 5.01. The molecule has 1 rings (SSSR count). The van der Waals surface area contributed by atoms with E-state index in [-0.39, 0.29) is 6.61 Å². The number of aliphatic hydroxyl groups excluding tert-OH is 1. The number of anilines is 1. The Morgan fingerprint density at radius 2 is 2.25 bits per heavy atom. The summed E-state index contributed by atoms with van der Waals surface area (Å²) < 4.78 is 4.61. The predicted octanol–water partition coefficient (Wildman–Crippen LogP) is 1.45. The Balaban J connectivity index is 2.94. The second-order valence-electron chi connectivity index (χ2n) is 3.29. The Morgan fingerprint density at radius 3 is 2.88 bits per heavy atom. The Kier molecular flexibility index (Phi) is 4.54. The van der Waals surface area contributed by atoms with Gasteiger partial charge in [-0.3, -0.25) is 0 Å². The number of methoxy groups -OCH3 is 1. The van der Waals surface area contributed by atoms with Gasteiger partial charge in [-0.2, -0.15) is 0 Å². The molecule has 0 unspecified atom stereocenters. The average molecular weight is 221 g/mol. The molecule has 0 atom stereocenters. The molecule has 1 aromatic rings. The summed E-state index contributed by atoms with van der Waals surface area (Å²) in [7, 11) is 1.33. The largest absolute Gasteiger partial charge is 0.465 e. The van der Waals surface area contributed by atoms with Crippen LogP contribution in [0.1, 0.15) is 22.3 Å². The molecule has 0 saturated carbocycles. The molecule has 0 aliphatic heterocycles. The Morgan fingerprint density at radius 1 is 1.50 bits per heavy atom. The topological polar surface area (TPSA) is 72.5 Å². The van der Waals surface area contributed by atoms with Crippen molar-refractivity contribution in [2.75, 3.05) is 19.5 Å². The second-order valence-corrected chi connectivity index (χ2v) is 3.29. The van der Waals surface area contributed by atoms with Crippen LogP contribution in [0.5, 0.6) is 0 Å². The van der Waals surface area contributed by atoms with E-state index in [9.17, 15) is 4.79 Å². The lowest BCUT2D eigenvalue weighted by molar-refractivity contribution is 0.0600. The molecule has 0 saturated heterocycles. The van der Waals surface area contributed by atoms with Crippen LogP contribution in [0.3, 0.4) is 0 Å². The van der Waals surface area contributed by atoms with Gasteiger partial charge >= 0.3 is 5.97 Å². The summed E-state index contributed by atoms with van der Waals surface area (Å²) in [6.07, 6.45) is 4.19. The van der Waals surface area contributed by atoms with Gasteiger partial charge in [0.2, 0.25) is 0 Å². The quantitative estimate of drug-likeness (QED) is 0.596. The highest BCUT2D eigenvalue weighted by molar-refractivity contribution is 5.91. The predicted molar refractivity (Wildman–Crippen MR) is 62.9 cm³/mol. The molecule has 0 radical (unpaired) electrons. The SMILES string of the molecule is COC(=O)c1cc(N)cc(C=CCCO)c1. The molecule has 3 N–H and O–H groups in total. The van der Waals surface area contributed by atoms with Crippen molar-refractivity contribution in [1.82, 2.24) is 0 Å². The zero-order valence-electron chi connectivity index (χ0n) is 9.14. The first-order chi connectivity index (χ1) is 7.67. The average Bonchev–Trinajstić information content (AvgIpc) is 2.27. The van der Waals surface area contributed by atoms with E-state index < -0.39 is 5.97 Å². The minimum absolute atomic E-state index is 0.0999. The molecule has 1 aromatic carbocycles. The maximum absolute atomic E-state index is 11.3. The standard InChI is InChI=1S/C12H15NO3/c1-16-12(15)10-6-9(4-2-3-5-14)7-11(13)8-10/h2,4,6-8,14H,3,5,13H2,1H3. The first kappa shape index (κ1) is 12.3. The first-order valence-corrected chi connectivity index (χ1v) is 4.93. The number of esters is 1. The van der Waals surface area contributed by atoms with Crippen LogP contribution in [0.2, 0.25) is 0 Å². The molecule has 0 aromatic heterocycles. The van der Waals surface area contributed by atoms with E-state index in [0.29, 0.717) is 17.7 Å². The van der Waals surface area contributed by atoms with Gasteiger partial charge in [0, 0.05) is 12.3 Å². The lowest BCUT2D eigenvalue weighted by Crippen LogP contribution is -2.02. The number of nitrogen functional groups attached to an aromatic ring is 1. The number of nitrogens with two attached hydrogens (primary N) is 1. The fraction of sp³-hybridized carbons (Fsp3) is 0.250. The summed E-state index contributed by atoms with van der Waals surface area (Å²) in [5.74, 6) is -0.413. The van der Waals surface area contributed by atoms with E-state index in [1.165, 1.54) is 7.11 Å². The van der Waals surface area contributed by atoms with Gasteiger partial charge in [0.05, 0.1) is 12.7 Å². The lowest BCUT2D eigenvalue weighted by Gasteiger charge is -2.03. The third-order valence-corrected chi connectivity index (χ3v) is 2.00. The van der Waals surface area contributed by atoms with Crippen LogP contribution >= 0.6 is 0 Å². The first-order valence-electron chi connectivity index (χ1n) is 4.93. The molecule has 0 bridgehead atoms. The van der Waals surface area contributed by atoms with Crippen molar-refractivity contribution < 1.29 is 14.6 Å². The molecule has 4 heteroatoms. The maximum Gasteiger partial charge on any atom is 0.337 e. The van der Waals surface area contributed by atoms with Crippen LogP contribution in [-0.4, -0.2) is 24.8 Å². The van der Waals surface area contributed by atoms with Crippen molar-refractivity contribution in [3.63, 3.8) is 0 Å². The number of rotatable bonds is 4. The van der Waals surface area contributed by atoms with Gasteiger partial charge in [-0.05, 0) is 30.2 Å². The van der Waals surface area contributed by atoms with Gasteiger partial charge in [0.1, 0.15) is 0 Å². The van der Waals surface area contributed by atoms with Gasteiger partial charge in [0.15, 0.2) is 0 Å². The summed E-state index contributed by atoms with van der Waals surface area (Å²) in [5.41, 5.74) is 7.41. The molecular weight excluding hydrogens is 206 g/mol. The van der Waals surface area contributed by atoms with Crippen molar-refractivity contribution in [2.24, 2.45) is 0 Å². The zero-order valence-corrected chi connectivity index (χ0v) is 9.14. The highest BCUT2D eigenvalue weighted by Gasteiger charge is 2.06. The Hall–Kier alpha value is -1.81. The van der Waals surface area contributed by atoms with Gasteiger partial charge in [-0.25, -0.2) is 4.79 Å². The van der Waals surface area contributed by atoms with Gasteiger partial charge in [-0.15, -0.1) is 0 Å². The van der Waals surface area contributed by atoms with E-state index in [1.54, 1.807) is 24.3 Å². The minimum Gasteiger partial charge on any atom is -0.465 e. The van der Waals surface area contributed by atoms with Crippen molar-refractivity contribution >= 4 is 17.7 Å². The molecule has 0 aliphatic carbocycles. The number of carbonyl (C=O) groups excluding carboxylic acids is 1. The van der Waals surface area contributed by atoms with Crippen molar-refractivity contribution in [3.05, 3.63) is 35.4 Å². The molecule has 0 amide bonds. The van der Waals surface area contributed by atoms with Crippen LogP contribution < -0.4 is 5.73 Å². The molecule has 86 valence electrons. The van der Waals surface area contributed by atoms with Crippen LogP contribution in [0, 0.1) is 0 Å². The van der Waals surface area contributed by atoms with Gasteiger partial charge < -0.3 is 15.6 Å². The number of benzene rings is 1. The van der Waals surface area contributed by atoms with Gasteiger partial charge in [0.25, 0.3) is 0 Å². The van der Waals surface area contributed by atoms with Crippen molar-refractivity contribution in [3.8, 4) is 0 Å². The lowest BCUT2D eigenvalue weighted by atomic mass is 10.1. The summed E-state index contributed by atoms with van der Waals surface area (Å²) >= 11 is 0. The van der Waals surface area contributed by atoms with E-state index in [2.05, 4.69) is 4.74 Å². The summed E-state index contributed by atoms with van der Waals surface area (Å²) in [4.78, 5) is 11.3. The van der Waals surface area contributed by atoms with E-state index in [0.717, 1.165) is 5.56 Å². The number of carbonyl (C=O) groups is 1. The summed E-state index contributed by atoms with van der Waals surface area (Å²) in [5, 5.41) is 8.63. The van der Waals surface area contributed by atoms with E-state index in [4.69, 9.17) is 10.8 Å². The zero-order chi connectivity index (χ0) is 12.0. The number of aliphatic hydroxyl groups is 1. The maximum atomic E-state index is 11.3. The fourth-order valence-corrected chi connectivity index (χ4v) is 1.30. The van der Waals surface area contributed by atoms with Gasteiger partial charge in [-0.1, -0.05) is 12.2 Å².